The summed E-state index contributed by atoms with van der Waals surface area (Å²) in [7, 11) is 0. The van der Waals surface area contributed by atoms with Crippen LogP contribution in [0.4, 0.5) is 0 Å². The van der Waals surface area contributed by atoms with Crippen LogP contribution >= 0.6 is 23.4 Å². The van der Waals surface area contributed by atoms with Gasteiger partial charge in [-0.2, -0.15) is 0 Å². The van der Waals surface area contributed by atoms with E-state index in [-0.39, 0.29) is 17.1 Å². The zero-order valence-electron chi connectivity index (χ0n) is 16.6. The molecule has 0 saturated heterocycles. The minimum Gasteiger partial charge on any atom is -0.293 e. The third kappa shape index (κ3) is 4.85. The van der Waals surface area contributed by atoms with Crippen LogP contribution in [0, 0.1) is 0 Å². The summed E-state index contributed by atoms with van der Waals surface area (Å²) < 4.78 is 1.73. The first-order valence-corrected chi connectivity index (χ1v) is 11.6. The number of fused-ring (bicyclic) bond motifs is 1. The molecule has 1 aliphatic rings. The molecule has 0 N–H and O–H groups in total. The van der Waals surface area contributed by atoms with Crippen LogP contribution in [0.25, 0.3) is 10.9 Å². The molecule has 0 aliphatic heterocycles. The van der Waals surface area contributed by atoms with Crippen molar-refractivity contribution in [3.63, 3.8) is 0 Å². The number of carbonyl (C=O) groups excluding carboxylic acids is 1. The molecule has 0 bridgehead atoms. The van der Waals surface area contributed by atoms with Gasteiger partial charge in [0.2, 0.25) is 0 Å². The SMILES string of the molecule is O=C(CSc1nc2ccccc2c(=O)n1CCC1=CCCCC1)c1ccc(Cl)cc1. The van der Waals surface area contributed by atoms with Crippen LogP contribution in [0.3, 0.4) is 0 Å². The van der Waals surface area contributed by atoms with E-state index in [1.807, 2.05) is 24.3 Å². The number of hydrogen-bond donors (Lipinski definition) is 0. The molecule has 4 nitrogen and oxygen atoms in total. The van der Waals surface area contributed by atoms with Gasteiger partial charge in [-0.05, 0) is 68.5 Å². The molecule has 0 unspecified atom stereocenters. The summed E-state index contributed by atoms with van der Waals surface area (Å²) in [5.41, 5.74) is 2.64. The molecule has 0 spiro atoms. The van der Waals surface area contributed by atoms with E-state index in [1.165, 1.54) is 30.2 Å². The summed E-state index contributed by atoms with van der Waals surface area (Å²) in [6.45, 7) is 0.583. The van der Waals surface area contributed by atoms with Crippen LogP contribution in [0.1, 0.15) is 42.5 Å². The van der Waals surface area contributed by atoms with Crippen molar-refractivity contribution in [2.24, 2.45) is 0 Å². The van der Waals surface area contributed by atoms with Gasteiger partial charge in [-0.25, -0.2) is 4.98 Å². The molecule has 0 saturated carbocycles. The van der Waals surface area contributed by atoms with E-state index in [2.05, 4.69) is 6.08 Å². The van der Waals surface area contributed by atoms with Crippen LogP contribution in [0.5, 0.6) is 0 Å². The van der Waals surface area contributed by atoms with E-state index in [0.717, 1.165) is 19.3 Å². The summed E-state index contributed by atoms with van der Waals surface area (Å²) in [5, 5.41) is 1.81. The monoisotopic (exact) mass is 438 g/mol. The fourth-order valence-corrected chi connectivity index (χ4v) is 4.74. The Labute approximate surface area is 185 Å². The number of hydrogen-bond acceptors (Lipinski definition) is 4. The van der Waals surface area contributed by atoms with Crippen molar-refractivity contribution in [3.8, 4) is 0 Å². The molecule has 6 heteroatoms. The first-order chi connectivity index (χ1) is 14.6. The van der Waals surface area contributed by atoms with E-state index in [0.29, 0.717) is 33.2 Å². The van der Waals surface area contributed by atoms with Crippen molar-refractivity contribution in [2.45, 2.75) is 43.8 Å². The highest BCUT2D eigenvalue weighted by atomic mass is 35.5. The number of carbonyl (C=O) groups is 1. The third-order valence-electron chi connectivity index (χ3n) is 5.37. The number of allylic oxidation sites excluding steroid dienone is 2. The van der Waals surface area contributed by atoms with Crippen molar-refractivity contribution < 1.29 is 4.79 Å². The van der Waals surface area contributed by atoms with E-state index >= 15 is 0 Å². The Bertz CT molecular complexity index is 1150. The minimum absolute atomic E-state index is 0.0133. The lowest BCUT2D eigenvalue weighted by Crippen LogP contribution is -2.24. The van der Waals surface area contributed by atoms with Crippen molar-refractivity contribution in [3.05, 3.63) is 81.1 Å². The maximum Gasteiger partial charge on any atom is 0.262 e. The molecule has 4 rings (SSSR count). The van der Waals surface area contributed by atoms with Gasteiger partial charge in [-0.15, -0.1) is 0 Å². The first kappa shape index (κ1) is 20.9. The van der Waals surface area contributed by atoms with Gasteiger partial charge in [0.25, 0.3) is 5.56 Å². The Hall–Kier alpha value is -2.37. The van der Waals surface area contributed by atoms with Crippen LogP contribution in [-0.2, 0) is 6.54 Å². The molecule has 3 aromatic rings. The van der Waals surface area contributed by atoms with E-state index in [4.69, 9.17) is 16.6 Å². The topological polar surface area (TPSA) is 52.0 Å². The summed E-state index contributed by atoms with van der Waals surface area (Å²) in [6.07, 6.45) is 7.84. The highest BCUT2D eigenvalue weighted by Gasteiger charge is 2.15. The molecule has 0 atom stereocenters. The molecule has 1 aliphatic carbocycles. The second kappa shape index (κ2) is 9.63. The smallest absolute Gasteiger partial charge is 0.262 e. The summed E-state index contributed by atoms with van der Waals surface area (Å²) in [5.74, 6) is 0.204. The Morgan fingerprint density at radius 2 is 1.90 bits per heavy atom. The summed E-state index contributed by atoms with van der Waals surface area (Å²) >= 11 is 7.23. The van der Waals surface area contributed by atoms with Crippen LogP contribution in [-0.4, -0.2) is 21.1 Å². The Morgan fingerprint density at radius 1 is 1.10 bits per heavy atom. The zero-order valence-corrected chi connectivity index (χ0v) is 18.2. The molecule has 0 fully saturated rings. The average molecular weight is 439 g/mol. The first-order valence-electron chi connectivity index (χ1n) is 10.2. The number of para-hydroxylation sites is 1. The molecule has 0 radical (unpaired) electrons. The largest absolute Gasteiger partial charge is 0.293 e. The van der Waals surface area contributed by atoms with Crippen LogP contribution < -0.4 is 5.56 Å². The molecule has 30 heavy (non-hydrogen) atoms. The van der Waals surface area contributed by atoms with Gasteiger partial charge >= 0.3 is 0 Å². The van der Waals surface area contributed by atoms with Gasteiger partial charge in [-0.3, -0.25) is 14.2 Å². The number of ketones is 1. The number of Topliss-reactive ketones (excluding diaryl/α,β-unsaturated/α-hetero) is 1. The number of thioether (sulfide) groups is 1. The molecule has 1 aromatic heterocycles. The molecular formula is C24H23ClN2O2S. The fourth-order valence-electron chi connectivity index (χ4n) is 3.69. The molecule has 154 valence electrons. The van der Waals surface area contributed by atoms with Gasteiger partial charge in [0.05, 0.1) is 16.7 Å². The zero-order chi connectivity index (χ0) is 20.9. The predicted molar refractivity (Wildman–Crippen MR) is 124 cm³/mol. The van der Waals surface area contributed by atoms with Crippen molar-refractivity contribution in [2.75, 3.05) is 5.75 Å². The molecule has 1 heterocycles. The van der Waals surface area contributed by atoms with Gasteiger partial charge in [0, 0.05) is 17.1 Å². The van der Waals surface area contributed by atoms with Crippen LogP contribution in [0.2, 0.25) is 5.02 Å². The van der Waals surface area contributed by atoms with E-state index in [1.54, 1.807) is 28.8 Å². The second-order valence-electron chi connectivity index (χ2n) is 7.45. The average Bonchev–Trinajstić information content (AvgIpc) is 2.78. The lowest BCUT2D eigenvalue weighted by Gasteiger charge is -2.16. The number of benzene rings is 2. The van der Waals surface area contributed by atoms with E-state index in [9.17, 15) is 9.59 Å². The van der Waals surface area contributed by atoms with Crippen LogP contribution in [0.15, 0.2) is 70.1 Å². The fraction of sp³-hybridized carbons (Fsp3) is 0.292. The Morgan fingerprint density at radius 3 is 2.67 bits per heavy atom. The summed E-state index contributed by atoms with van der Waals surface area (Å²) in [6, 6.07) is 14.3. The number of nitrogens with zero attached hydrogens (tertiary/aromatic N) is 2. The molecule has 0 amide bonds. The molecular weight excluding hydrogens is 416 g/mol. The van der Waals surface area contributed by atoms with Gasteiger partial charge in [0.1, 0.15) is 0 Å². The van der Waals surface area contributed by atoms with Crippen molar-refractivity contribution >= 4 is 40.0 Å². The normalized spacial score (nSPS) is 14.0. The Balaban J connectivity index is 1.59. The maximum atomic E-state index is 13.2. The number of rotatable bonds is 7. The van der Waals surface area contributed by atoms with E-state index < -0.39 is 0 Å². The standard InChI is InChI=1S/C24H23ClN2O2S/c25-19-12-10-18(11-13-19)22(28)16-30-24-26-21-9-5-4-8-20(21)23(29)27(24)15-14-17-6-2-1-3-7-17/h4-6,8-13H,1-3,7,14-16H2. The predicted octanol–water partition coefficient (Wildman–Crippen LogP) is 5.92. The summed E-state index contributed by atoms with van der Waals surface area (Å²) in [4.78, 5) is 30.5. The highest BCUT2D eigenvalue weighted by Crippen LogP contribution is 2.23. The van der Waals surface area contributed by atoms with Gasteiger partial charge in [0.15, 0.2) is 10.9 Å². The molecule has 2 aromatic carbocycles. The lowest BCUT2D eigenvalue weighted by atomic mass is 9.97. The van der Waals surface area contributed by atoms with Crippen molar-refractivity contribution in [1.29, 1.82) is 0 Å². The van der Waals surface area contributed by atoms with Crippen molar-refractivity contribution in [1.82, 2.24) is 9.55 Å². The lowest BCUT2D eigenvalue weighted by molar-refractivity contribution is 0.102. The minimum atomic E-state index is -0.0431. The van der Waals surface area contributed by atoms with Gasteiger partial charge in [-0.1, -0.05) is 47.1 Å². The third-order valence-corrected chi connectivity index (χ3v) is 6.60. The Kier molecular flexibility index (Phi) is 6.70. The quantitative estimate of drug-likeness (QED) is 0.199. The van der Waals surface area contributed by atoms with Gasteiger partial charge < -0.3 is 0 Å². The number of aromatic nitrogens is 2. The maximum absolute atomic E-state index is 13.2. The highest BCUT2D eigenvalue weighted by molar-refractivity contribution is 7.99. The second-order valence-corrected chi connectivity index (χ2v) is 8.82. The number of halogens is 1.